The van der Waals surface area contributed by atoms with Crippen molar-refractivity contribution in [1.82, 2.24) is 14.5 Å². The van der Waals surface area contributed by atoms with Crippen molar-refractivity contribution in [2.75, 3.05) is 0 Å². The molecule has 0 unspecified atom stereocenters. The summed E-state index contributed by atoms with van der Waals surface area (Å²) in [4.78, 5) is 10.4. The van der Waals surface area contributed by atoms with Gasteiger partial charge < -0.3 is 4.57 Å². The fraction of sp³-hybridized carbons (Fsp3) is 0. The lowest BCUT2D eigenvalue weighted by Crippen LogP contribution is -1.97. The average Bonchev–Trinajstić information content (AvgIpc) is 3.61. The van der Waals surface area contributed by atoms with Crippen molar-refractivity contribution in [3.05, 3.63) is 212 Å². The molecule has 10 aromatic rings. The molecule has 3 aromatic heterocycles. The zero-order valence-corrected chi connectivity index (χ0v) is 30.0. The number of nitrogens with zero attached hydrogens (tertiary/aromatic N) is 3. The van der Waals surface area contributed by atoms with Gasteiger partial charge in [-0.3, -0.25) is 0 Å². The molecule has 7 aromatic carbocycles. The number of rotatable bonds is 7. The molecular formula is C52H35N3. The van der Waals surface area contributed by atoms with Crippen LogP contribution in [0.4, 0.5) is 0 Å². The number of hydrogen-bond donors (Lipinski definition) is 0. The minimum absolute atomic E-state index is 0.933. The molecule has 0 fully saturated rings. The van der Waals surface area contributed by atoms with Crippen LogP contribution in [0.2, 0.25) is 0 Å². The summed E-state index contributed by atoms with van der Waals surface area (Å²) in [5.41, 5.74) is 15.9. The molecular weight excluding hydrogens is 667 g/mol. The summed E-state index contributed by atoms with van der Waals surface area (Å²) in [6.45, 7) is 0. The third kappa shape index (κ3) is 6.18. The van der Waals surface area contributed by atoms with Crippen LogP contribution in [0, 0.1) is 0 Å². The van der Waals surface area contributed by atoms with Crippen LogP contribution in [-0.2, 0) is 0 Å². The van der Waals surface area contributed by atoms with Crippen molar-refractivity contribution in [3.8, 4) is 73.0 Å². The second-order valence-electron chi connectivity index (χ2n) is 13.9. The molecule has 0 bridgehead atoms. The number of pyridine rings is 2. The summed E-state index contributed by atoms with van der Waals surface area (Å²) in [5.74, 6) is 0. The lowest BCUT2D eigenvalue weighted by atomic mass is 9.94. The normalized spacial score (nSPS) is 11.3. The monoisotopic (exact) mass is 701 g/mol. The van der Waals surface area contributed by atoms with Gasteiger partial charge in [0.15, 0.2) is 0 Å². The Hall–Kier alpha value is -7.36. The van der Waals surface area contributed by atoms with Crippen LogP contribution in [0.15, 0.2) is 212 Å². The van der Waals surface area contributed by atoms with Gasteiger partial charge in [-0.2, -0.15) is 0 Å². The Balaban J connectivity index is 1.27. The molecule has 0 saturated carbocycles. The first kappa shape index (κ1) is 32.3. The lowest BCUT2D eigenvalue weighted by Gasteiger charge is -2.16. The van der Waals surface area contributed by atoms with Crippen LogP contribution in [-0.4, -0.2) is 14.5 Å². The van der Waals surface area contributed by atoms with E-state index in [0.717, 1.165) is 73.0 Å². The highest BCUT2D eigenvalue weighted by atomic mass is 15.0. The number of aromatic nitrogens is 3. The number of benzene rings is 7. The molecule has 258 valence electrons. The molecule has 0 N–H and O–H groups in total. The fourth-order valence-electron chi connectivity index (χ4n) is 7.70. The molecule has 0 aliphatic heterocycles. The van der Waals surface area contributed by atoms with Crippen molar-refractivity contribution >= 4 is 21.8 Å². The minimum atomic E-state index is 0.933. The van der Waals surface area contributed by atoms with E-state index in [1.165, 1.54) is 21.8 Å². The Kier molecular flexibility index (Phi) is 8.16. The van der Waals surface area contributed by atoms with Crippen molar-refractivity contribution in [2.45, 2.75) is 0 Å². The summed E-state index contributed by atoms with van der Waals surface area (Å²) < 4.78 is 2.41. The van der Waals surface area contributed by atoms with E-state index in [1.54, 1.807) is 0 Å². The van der Waals surface area contributed by atoms with Crippen LogP contribution >= 0.6 is 0 Å². The molecule has 3 heteroatoms. The van der Waals surface area contributed by atoms with Gasteiger partial charge >= 0.3 is 0 Å². The second kappa shape index (κ2) is 13.9. The fourth-order valence-corrected chi connectivity index (χ4v) is 7.70. The summed E-state index contributed by atoms with van der Waals surface area (Å²) in [5, 5.41) is 2.46. The Morgan fingerprint density at radius 1 is 0.255 bits per heavy atom. The highest BCUT2D eigenvalue weighted by Gasteiger charge is 2.17. The Morgan fingerprint density at radius 2 is 0.545 bits per heavy atom. The zero-order valence-electron chi connectivity index (χ0n) is 30.0. The molecule has 0 aliphatic rings. The molecule has 10 rings (SSSR count). The molecule has 3 heterocycles. The quantitative estimate of drug-likeness (QED) is 0.166. The van der Waals surface area contributed by atoms with Crippen LogP contribution in [0.1, 0.15) is 0 Å². The van der Waals surface area contributed by atoms with Gasteiger partial charge in [0.05, 0.1) is 33.8 Å². The standard InChI is InChI=1S/C52H35N3/c1-5-17-36(18-6-1)47-32-42(33-48(53-47)37-19-7-2-8-20-37)40-29-41(31-44(30-40)55-51-27-15-13-25-45(51)46-26-14-16-28-52(46)55)43-34-49(38-21-9-3-10-22-38)54-50(35-43)39-23-11-4-12-24-39/h1-35H. The Morgan fingerprint density at radius 3 is 0.891 bits per heavy atom. The summed E-state index contributed by atoms with van der Waals surface area (Å²) in [6, 6.07) is 75.2. The van der Waals surface area contributed by atoms with E-state index >= 15 is 0 Å². The minimum Gasteiger partial charge on any atom is -0.309 e. The highest BCUT2D eigenvalue weighted by molar-refractivity contribution is 6.09. The van der Waals surface area contributed by atoms with Crippen LogP contribution in [0.25, 0.3) is 94.8 Å². The Labute approximate surface area is 320 Å². The van der Waals surface area contributed by atoms with E-state index in [1.807, 2.05) is 0 Å². The highest BCUT2D eigenvalue weighted by Crippen LogP contribution is 2.39. The van der Waals surface area contributed by atoms with Gasteiger partial charge in [-0.15, -0.1) is 0 Å². The first-order valence-electron chi connectivity index (χ1n) is 18.7. The summed E-state index contributed by atoms with van der Waals surface area (Å²) >= 11 is 0. The Bertz CT molecular complexity index is 2640. The molecule has 3 nitrogen and oxygen atoms in total. The predicted octanol–water partition coefficient (Wildman–Crippen LogP) is 13.6. The maximum absolute atomic E-state index is 5.21. The van der Waals surface area contributed by atoms with Gasteiger partial charge in [0.1, 0.15) is 0 Å². The molecule has 0 saturated heterocycles. The van der Waals surface area contributed by atoms with Crippen molar-refractivity contribution < 1.29 is 0 Å². The lowest BCUT2D eigenvalue weighted by molar-refractivity contribution is 1.18. The molecule has 0 amide bonds. The van der Waals surface area contributed by atoms with Crippen LogP contribution in [0.3, 0.4) is 0 Å². The first-order chi connectivity index (χ1) is 27.2. The average molecular weight is 702 g/mol. The third-order valence-electron chi connectivity index (χ3n) is 10.4. The van der Waals surface area contributed by atoms with Crippen molar-refractivity contribution in [2.24, 2.45) is 0 Å². The molecule has 0 aliphatic carbocycles. The summed E-state index contributed by atoms with van der Waals surface area (Å²) in [7, 11) is 0. The van der Waals surface area contributed by atoms with Gasteiger partial charge in [-0.25, -0.2) is 9.97 Å². The van der Waals surface area contributed by atoms with E-state index in [2.05, 4.69) is 217 Å². The van der Waals surface area contributed by atoms with Gasteiger partial charge in [0.2, 0.25) is 0 Å². The maximum Gasteiger partial charge on any atom is 0.0715 e. The van der Waals surface area contributed by atoms with E-state index < -0.39 is 0 Å². The molecule has 0 radical (unpaired) electrons. The van der Waals surface area contributed by atoms with Gasteiger partial charge in [-0.1, -0.05) is 158 Å². The van der Waals surface area contributed by atoms with E-state index in [-0.39, 0.29) is 0 Å². The topological polar surface area (TPSA) is 30.7 Å². The third-order valence-corrected chi connectivity index (χ3v) is 10.4. The summed E-state index contributed by atoms with van der Waals surface area (Å²) in [6.07, 6.45) is 0. The van der Waals surface area contributed by atoms with Gasteiger partial charge in [0.25, 0.3) is 0 Å². The largest absolute Gasteiger partial charge is 0.309 e. The van der Waals surface area contributed by atoms with Crippen molar-refractivity contribution in [1.29, 1.82) is 0 Å². The van der Waals surface area contributed by atoms with Gasteiger partial charge in [-0.05, 0) is 76.9 Å². The van der Waals surface area contributed by atoms with E-state index in [4.69, 9.17) is 9.97 Å². The SMILES string of the molecule is c1ccc(-c2cc(-c3cc(-c4cc(-c5ccccc5)nc(-c5ccccc5)c4)cc(-n4c5ccccc5c5ccccc54)c3)cc(-c3ccccc3)n2)cc1. The van der Waals surface area contributed by atoms with E-state index in [0.29, 0.717) is 0 Å². The predicted molar refractivity (Wildman–Crippen MR) is 229 cm³/mol. The molecule has 0 atom stereocenters. The number of hydrogen-bond acceptors (Lipinski definition) is 2. The maximum atomic E-state index is 5.21. The zero-order chi connectivity index (χ0) is 36.6. The second-order valence-corrected chi connectivity index (χ2v) is 13.9. The smallest absolute Gasteiger partial charge is 0.0715 e. The van der Waals surface area contributed by atoms with Crippen LogP contribution in [0.5, 0.6) is 0 Å². The number of para-hydroxylation sites is 2. The van der Waals surface area contributed by atoms with Crippen molar-refractivity contribution in [3.63, 3.8) is 0 Å². The molecule has 55 heavy (non-hydrogen) atoms. The first-order valence-corrected chi connectivity index (χ1v) is 18.7. The van der Waals surface area contributed by atoms with E-state index in [9.17, 15) is 0 Å². The van der Waals surface area contributed by atoms with Crippen LogP contribution < -0.4 is 0 Å². The molecule has 0 spiro atoms. The van der Waals surface area contributed by atoms with Gasteiger partial charge in [0, 0.05) is 38.7 Å². The number of fused-ring (bicyclic) bond motifs is 3.